The van der Waals surface area contributed by atoms with Crippen LogP contribution in [-0.4, -0.2) is 43.2 Å². The molecule has 0 saturated carbocycles. The van der Waals surface area contributed by atoms with Crippen LogP contribution < -0.4 is 0 Å². The Hall–Kier alpha value is -1.14. The molecule has 1 unspecified atom stereocenters. The van der Waals surface area contributed by atoms with Gasteiger partial charge in [0, 0.05) is 19.6 Å². The van der Waals surface area contributed by atoms with Crippen molar-refractivity contribution in [3.05, 3.63) is 0 Å². The molecule has 0 aliphatic rings. The van der Waals surface area contributed by atoms with E-state index in [9.17, 15) is 9.59 Å². The van der Waals surface area contributed by atoms with Gasteiger partial charge in [-0.3, -0.25) is 9.59 Å². The molecule has 0 radical (unpaired) electrons. The lowest BCUT2D eigenvalue weighted by molar-refractivity contribution is -0.174. The van der Waals surface area contributed by atoms with Crippen molar-refractivity contribution in [3.8, 4) is 0 Å². The van der Waals surface area contributed by atoms with Gasteiger partial charge in [0.25, 0.3) is 0 Å². The maximum Gasteiger partial charge on any atom is 0.320 e. The highest BCUT2D eigenvalue weighted by Gasteiger charge is 2.31. The molecule has 0 aromatic carbocycles. The van der Waals surface area contributed by atoms with E-state index < -0.39 is 24.1 Å². The Kier molecular flexibility index (Phi) is 8.35. The molecule has 1 atom stereocenters. The van der Waals surface area contributed by atoms with Gasteiger partial charge in [0.15, 0.2) is 12.2 Å². The van der Waals surface area contributed by atoms with Crippen LogP contribution in [0.2, 0.25) is 0 Å². The zero-order valence-corrected chi connectivity index (χ0v) is 10.5. The minimum Gasteiger partial charge on any atom is -0.481 e. The fraction of sp³-hybridized carbons (Fsp3) is 0.818. The molecule has 6 nitrogen and oxygen atoms in total. The summed E-state index contributed by atoms with van der Waals surface area (Å²) in [6, 6.07) is 0. The molecule has 0 spiro atoms. The third-order valence-corrected chi connectivity index (χ3v) is 2.00. The summed E-state index contributed by atoms with van der Waals surface area (Å²) in [5.41, 5.74) is 0. The van der Waals surface area contributed by atoms with Crippen molar-refractivity contribution in [1.29, 1.82) is 0 Å². The highest BCUT2D eigenvalue weighted by atomic mass is 16.7. The molecule has 0 aliphatic heterocycles. The molecule has 100 valence electrons. The molecule has 0 heterocycles. The Morgan fingerprint density at radius 2 is 1.59 bits per heavy atom. The van der Waals surface area contributed by atoms with Crippen LogP contribution in [0.25, 0.3) is 0 Å². The molecule has 0 saturated heterocycles. The van der Waals surface area contributed by atoms with Gasteiger partial charge in [0.05, 0.1) is 6.61 Å². The molecule has 0 fully saturated rings. The Labute approximate surface area is 101 Å². The second kappa shape index (κ2) is 8.95. The quantitative estimate of drug-likeness (QED) is 0.373. The molecule has 0 bridgehead atoms. The van der Waals surface area contributed by atoms with Crippen LogP contribution in [0.15, 0.2) is 0 Å². The number of esters is 1. The molecule has 0 aromatic rings. The highest BCUT2D eigenvalue weighted by molar-refractivity contribution is 5.93. The standard InChI is InChI=1S/C11H20O6/c1-4-15-9(16-5-2)7-8(10(12)13)11(14)17-6-3/h8-9H,4-7H2,1-3H3,(H,12,13). The van der Waals surface area contributed by atoms with Gasteiger partial charge in [-0.2, -0.15) is 0 Å². The first kappa shape index (κ1) is 15.9. The zero-order valence-electron chi connectivity index (χ0n) is 10.5. The van der Waals surface area contributed by atoms with Crippen LogP contribution in [0, 0.1) is 5.92 Å². The van der Waals surface area contributed by atoms with E-state index in [1.54, 1.807) is 20.8 Å². The minimum atomic E-state index is -1.25. The summed E-state index contributed by atoms with van der Waals surface area (Å²) < 4.78 is 15.1. The molecule has 17 heavy (non-hydrogen) atoms. The van der Waals surface area contributed by atoms with Crippen LogP contribution in [0.5, 0.6) is 0 Å². The average molecular weight is 248 g/mol. The van der Waals surface area contributed by atoms with E-state index in [2.05, 4.69) is 0 Å². The van der Waals surface area contributed by atoms with Crippen LogP contribution in [0.1, 0.15) is 27.2 Å². The number of aliphatic carboxylic acids is 1. The average Bonchev–Trinajstić information content (AvgIpc) is 2.26. The first-order chi connectivity index (χ1) is 8.06. The molecule has 0 rings (SSSR count). The number of carbonyl (C=O) groups excluding carboxylic acids is 1. The van der Waals surface area contributed by atoms with Crippen LogP contribution in [0.3, 0.4) is 0 Å². The van der Waals surface area contributed by atoms with Gasteiger partial charge >= 0.3 is 11.9 Å². The van der Waals surface area contributed by atoms with Gasteiger partial charge in [-0.1, -0.05) is 0 Å². The predicted octanol–water partition coefficient (Wildman–Crippen LogP) is 1.04. The van der Waals surface area contributed by atoms with Gasteiger partial charge in [-0.15, -0.1) is 0 Å². The lowest BCUT2D eigenvalue weighted by atomic mass is 10.1. The highest BCUT2D eigenvalue weighted by Crippen LogP contribution is 2.13. The predicted molar refractivity (Wildman–Crippen MR) is 59.4 cm³/mol. The zero-order chi connectivity index (χ0) is 13.3. The summed E-state index contributed by atoms with van der Waals surface area (Å²) in [6.45, 7) is 6.09. The second-order valence-corrected chi connectivity index (χ2v) is 3.22. The lowest BCUT2D eigenvalue weighted by Crippen LogP contribution is -2.32. The number of ether oxygens (including phenoxy) is 3. The van der Waals surface area contributed by atoms with Crippen molar-refractivity contribution in [1.82, 2.24) is 0 Å². The number of carbonyl (C=O) groups is 2. The maximum absolute atomic E-state index is 11.4. The van der Waals surface area contributed by atoms with Crippen molar-refractivity contribution in [2.45, 2.75) is 33.5 Å². The fourth-order valence-electron chi connectivity index (χ4n) is 1.29. The van der Waals surface area contributed by atoms with Crippen LogP contribution in [-0.2, 0) is 23.8 Å². The first-order valence-electron chi connectivity index (χ1n) is 5.69. The minimum absolute atomic E-state index is 0.0458. The van der Waals surface area contributed by atoms with Crippen molar-refractivity contribution in [2.24, 2.45) is 5.92 Å². The van der Waals surface area contributed by atoms with E-state index in [-0.39, 0.29) is 13.0 Å². The fourth-order valence-corrected chi connectivity index (χ4v) is 1.29. The summed E-state index contributed by atoms with van der Waals surface area (Å²) in [4.78, 5) is 22.4. The second-order valence-electron chi connectivity index (χ2n) is 3.22. The summed E-state index contributed by atoms with van der Waals surface area (Å²) in [6.07, 6.45) is -0.744. The van der Waals surface area contributed by atoms with E-state index in [4.69, 9.17) is 19.3 Å². The molecule has 0 amide bonds. The molecular formula is C11H20O6. The first-order valence-corrected chi connectivity index (χ1v) is 5.69. The topological polar surface area (TPSA) is 82.1 Å². The van der Waals surface area contributed by atoms with Crippen molar-refractivity contribution < 1.29 is 28.9 Å². The number of carboxylic acids is 1. The van der Waals surface area contributed by atoms with Gasteiger partial charge in [0.1, 0.15) is 0 Å². The summed E-state index contributed by atoms with van der Waals surface area (Å²) >= 11 is 0. The molecular weight excluding hydrogens is 228 g/mol. The maximum atomic E-state index is 11.4. The lowest BCUT2D eigenvalue weighted by Gasteiger charge is -2.19. The molecule has 0 aliphatic carbocycles. The van der Waals surface area contributed by atoms with Crippen LogP contribution >= 0.6 is 0 Å². The van der Waals surface area contributed by atoms with Gasteiger partial charge in [0.2, 0.25) is 0 Å². The number of hydrogen-bond donors (Lipinski definition) is 1. The van der Waals surface area contributed by atoms with Crippen molar-refractivity contribution in [3.63, 3.8) is 0 Å². The third-order valence-electron chi connectivity index (χ3n) is 2.00. The molecule has 0 aromatic heterocycles. The SMILES string of the molecule is CCOC(=O)C(CC(OCC)OCC)C(=O)O. The van der Waals surface area contributed by atoms with E-state index in [1.807, 2.05) is 0 Å². The summed E-state index contributed by atoms with van der Waals surface area (Å²) in [5.74, 6) is -3.24. The van der Waals surface area contributed by atoms with Gasteiger partial charge in [-0.05, 0) is 20.8 Å². The largest absolute Gasteiger partial charge is 0.481 e. The molecule has 1 N–H and O–H groups in total. The number of carboxylic acid groups (broad SMARTS) is 1. The Balaban J connectivity index is 4.48. The molecule has 6 heteroatoms. The smallest absolute Gasteiger partial charge is 0.320 e. The normalized spacial score (nSPS) is 12.5. The Morgan fingerprint density at radius 1 is 1.06 bits per heavy atom. The van der Waals surface area contributed by atoms with E-state index in [1.165, 1.54) is 0 Å². The van der Waals surface area contributed by atoms with Crippen molar-refractivity contribution >= 4 is 11.9 Å². The summed E-state index contributed by atoms with van der Waals surface area (Å²) in [5, 5.41) is 8.94. The van der Waals surface area contributed by atoms with Crippen molar-refractivity contribution in [2.75, 3.05) is 19.8 Å². The van der Waals surface area contributed by atoms with Gasteiger partial charge in [-0.25, -0.2) is 0 Å². The van der Waals surface area contributed by atoms with E-state index in [0.717, 1.165) is 0 Å². The number of rotatable bonds is 9. The third kappa shape index (κ3) is 6.23. The Bertz CT molecular complexity index is 234. The van der Waals surface area contributed by atoms with E-state index in [0.29, 0.717) is 13.2 Å². The number of hydrogen-bond acceptors (Lipinski definition) is 5. The van der Waals surface area contributed by atoms with E-state index >= 15 is 0 Å². The Morgan fingerprint density at radius 3 is 1.94 bits per heavy atom. The summed E-state index contributed by atoms with van der Waals surface area (Å²) in [7, 11) is 0. The monoisotopic (exact) mass is 248 g/mol. The van der Waals surface area contributed by atoms with Gasteiger partial charge < -0.3 is 19.3 Å². The van der Waals surface area contributed by atoms with Crippen LogP contribution in [0.4, 0.5) is 0 Å².